The number of aromatic nitrogens is 2. The zero-order valence-corrected chi connectivity index (χ0v) is 12.9. The number of hydrogen-bond acceptors (Lipinski definition) is 5. The topological polar surface area (TPSA) is 75.2 Å². The van der Waals surface area contributed by atoms with Gasteiger partial charge in [-0.15, -0.1) is 0 Å². The molecule has 0 spiro atoms. The van der Waals surface area contributed by atoms with Gasteiger partial charge in [0.05, 0.1) is 12.4 Å². The Balaban J connectivity index is 2.07. The second kappa shape index (κ2) is 6.49. The summed E-state index contributed by atoms with van der Waals surface area (Å²) in [6.45, 7) is 3.22. The van der Waals surface area contributed by atoms with Crippen LogP contribution in [0, 0.1) is 5.92 Å². The van der Waals surface area contributed by atoms with E-state index >= 15 is 0 Å². The van der Waals surface area contributed by atoms with Gasteiger partial charge in [0.15, 0.2) is 0 Å². The predicted octanol–water partition coefficient (Wildman–Crippen LogP) is 1.72. The lowest BCUT2D eigenvalue weighted by Gasteiger charge is -2.20. The minimum absolute atomic E-state index is 0.152. The molecular formula is C13H22N4O2S. The quantitative estimate of drug-likeness (QED) is 0.865. The van der Waals surface area contributed by atoms with Gasteiger partial charge in [0.2, 0.25) is 16.0 Å². The molecule has 1 fully saturated rings. The molecule has 0 unspecified atom stereocenters. The van der Waals surface area contributed by atoms with Gasteiger partial charge in [-0.05, 0) is 25.7 Å². The maximum Gasteiger partial charge on any atom is 0.245 e. The van der Waals surface area contributed by atoms with Crippen LogP contribution in [0.5, 0.6) is 0 Å². The fraction of sp³-hybridized carbons (Fsp3) is 0.692. The van der Waals surface area contributed by atoms with Gasteiger partial charge in [0.25, 0.3) is 0 Å². The summed E-state index contributed by atoms with van der Waals surface area (Å²) >= 11 is 0. The van der Waals surface area contributed by atoms with E-state index in [0.29, 0.717) is 25.0 Å². The number of nitrogens with zero attached hydrogens (tertiary/aromatic N) is 3. The van der Waals surface area contributed by atoms with Crippen LogP contribution in [-0.4, -0.2) is 42.8 Å². The van der Waals surface area contributed by atoms with E-state index in [1.165, 1.54) is 29.5 Å². The Kier molecular flexibility index (Phi) is 4.93. The molecule has 0 radical (unpaired) electrons. The van der Waals surface area contributed by atoms with Gasteiger partial charge in [-0.3, -0.25) is 0 Å². The lowest BCUT2D eigenvalue weighted by molar-refractivity contribution is 0.387. The van der Waals surface area contributed by atoms with Crippen molar-refractivity contribution in [2.45, 2.75) is 37.5 Å². The summed E-state index contributed by atoms with van der Waals surface area (Å²) in [6, 6.07) is 0. The highest BCUT2D eigenvalue weighted by molar-refractivity contribution is 7.89. The molecule has 1 heterocycles. The summed E-state index contributed by atoms with van der Waals surface area (Å²) in [7, 11) is -1.85. The molecule has 6 nitrogen and oxygen atoms in total. The molecule has 0 bridgehead atoms. The van der Waals surface area contributed by atoms with Crippen molar-refractivity contribution < 1.29 is 8.42 Å². The summed E-state index contributed by atoms with van der Waals surface area (Å²) < 4.78 is 26.3. The van der Waals surface area contributed by atoms with Gasteiger partial charge in [-0.1, -0.05) is 12.8 Å². The average Bonchev–Trinajstić information content (AvgIpc) is 2.92. The van der Waals surface area contributed by atoms with Crippen molar-refractivity contribution in [2.24, 2.45) is 5.92 Å². The number of anilines is 1. The minimum atomic E-state index is -3.48. The maximum absolute atomic E-state index is 12.4. The highest BCUT2D eigenvalue weighted by Gasteiger charge is 2.26. The SMILES string of the molecule is CCNc1ncc(S(=O)(=O)N(C)CC2CCCC2)cn1. The van der Waals surface area contributed by atoms with E-state index in [0.717, 1.165) is 12.8 Å². The van der Waals surface area contributed by atoms with E-state index in [9.17, 15) is 8.42 Å². The van der Waals surface area contributed by atoms with E-state index in [1.54, 1.807) is 7.05 Å². The van der Waals surface area contributed by atoms with E-state index in [-0.39, 0.29) is 4.90 Å². The maximum atomic E-state index is 12.4. The lowest BCUT2D eigenvalue weighted by Crippen LogP contribution is -2.31. The summed E-state index contributed by atoms with van der Waals surface area (Å²) in [5, 5.41) is 2.94. The molecule has 112 valence electrons. The minimum Gasteiger partial charge on any atom is -0.355 e. The van der Waals surface area contributed by atoms with Gasteiger partial charge in [-0.25, -0.2) is 22.7 Å². The van der Waals surface area contributed by atoms with Crippen LogP contribution in [-0.2, 0) is 10.0 Å². The van der Waals surface area contributed by atoms with Crippen LogP contribution >= 0.6 is 0 Å². The summed E-state index contributed by atoms with van der Waals surface area (Å²) in [5.74, 6) is 0.932. The molecular weight excluding hydrogens is 276 g/mol. The Labute approximate surface area is 120 Å². The van der Waals surface area contributed by atoms with E-state index in [1.807, 2.05) is 6.92 Å². The number of sulfonamides is 1. The van der Waals surface area contributed by atoms with Crippen LogP contribution in [0.1, 0.15) is 32.6 Å². The third kappa shape index (κ3) is 3.46. The fourth-order valence-corrected chi connectivity index (χ4v) is 3.67. The zero-order chi connectivity index (χ0) is 14.6. The first-order chi connectivity index (χ1) is 9.54. The largest absolute Gasteiger partial charge is 0.355 e. The molecule has 1 saturated carbocycles. The molecule has 0 amide bonds. The van der Waals surface area contributed by atoms with Crippen molar-refractivity contribution in [3.05, 3.63) is 12.4 Å². The van der Waals surface area contributed by atoms with Gasteiger partial charge in [0, 0.05) is 20.1 Å². The first-order valence-electron chi connectivity index (χ1n) is 7.06. The van der Waals surface area contributed by atoms with Crippen molar-refractivity contribution in [2.75, 3.05) is 25.5 Å². The number of hydrogen-bond donors (Lipinski definition) is 1. The first kappa shape index (κ1) is 15.2. The molecule has 2 rings (SSSR count). The molecule has 1 aromatic heterocycles. The highest BCUT2D eigenvalue weighted by Crippen LogP contribution is 2.26. The highest BCUT2D eigenvalue weighted by atomic mass is 32.2. The molecule has 1 aliphatic rings. The molecule has 0 aliphatic heterocycles. The van der Waals surface area contributed by atoms with Crippen LogP contribution in [0.4, 0.5) is 5.95 Å². The number of rotatable bonds is 6. The predicted molar refractivity (Wildman–Crippen MR) is 78.0 cm³/mol. The average molecular weight is 298 g/mol. The molecule has 20 heavy (non-hydrogen) atoms. The second-order valence-corrected chi connectivity index (χ2v) is 7.25. The Morgan fingerprint density at radius 2 is 1.90 bits per heavy atom. The fourth-order valence-electron chi connectivity index (χ4n) is 2.53. The van der Waals surface area contributed by atoms with Crippen molar-refractivity contribution in [1.29, 1.82) is 0 Å². The monoisotopic (exact) mass is 298 g/mol. The Bertz CT molecular complexity index is 524. The number of nitrogens with one attached hydrogen (secondary N) is 1. The standard InChI is InChI=1S/C13H22N4O2S/c1-3-14-13-15-8-12(9-16-13)20(18,19)17(2)10-11-6-4-5-7-11/h8-9,11H,3-7,10H2,1-2H3,(H,14,15,16). The summed E-state index contributed by atoms with van der Waals surface area (Å²) in [4.78, 5) is 8.19. The third-order valence-corrected chi connectivity index (χ3v) is 5.44. The van der Waals surface area contributed by atoms with E-state index in [2.05, 4.69) is 15.3 Å². The molecule has 0 aromatic carbocycles. The van der Waals surface area contributed by atoms with Crippen LogP contribution in [0.25, 0.3) is 0 Å². The second-order valence-electron chi connectivity index (χ2n) is 5.21. The molecule has 0 saturated heterocycles. The summed E-state index contributed by atoms with van der Waals surface area (Å²) in [6.07, 6.45) is 7.39. The Hall–Kier alpha value is -1.21. The van der Waals surface area contributed by atoms with Crippen molar-refractivity contribution in [1.82, 2.24) is 14.3 Å². The molecule has 0 atom stereocenters. The Morgan fingerprint density at radius 1 is 1.30 bits per heavy atom. The van der Waals surface area contributed by atoms with Crippen molar-refractivity contribution in [3.63, 3.8) is 0 Å². The van der Waals surface area contributed by atoms with Crippen LogP contribution in [0.3, 0.4) is 0 Å². The van der Waals surface area contributed by atoms with E-state index < -0.39 is 10.0 Å². The smallest absolute Gasteiger partial charge is 0.245 e. The van der Waals surface area contributed by atoms with E-state index in [4.69, 9.17) is 0 Å². The van der Waals surface area contributed by atoms with Gasteiger partial charge in [-0.2, -0.15) is 0 Å². The Morgan fingerprint density at radius 3 is 2.45 bits per heavy atom. The molecule has 1 aliphatic carbocycles. The molecule has 7 heteroatoms. The van der Waals surface area contributed by atoms with Gasteiger partial charge in [0.1, 0.15) is 4.90 Å². The third-order valence-electron chi connectivity index (χ3n) is 3.66. The lowest BCUT2D eigenvalue weighted by atomic mass is 10.1. The normalized spacial score (nSPS) is 16.8. The van der Waals surface area contributed by atoms with Gasteiger partial charge < -0.3 is 5.32 Å². The van der Waals surface area contributed by atoms with Crippen LogP contribution in [0.15, 0.2) is 17.3 Å². The van der Waals surface area contributed by atoms with Crippen LogP contribution < -0.4 is 5.32 Å². The van der Waals surface area contributed by atoms with Crippen molar-refractivity contribution >= 4 is 16.0 Å². The molecule has 1 aromatic rings. The summed E-state index contributed by atoms with van der Waals surface area (Å²) in [5.41, 5.74) is 0. The molecule has 1 N–H and O–H groups in total. The van der Waals surface area contributed by atoms with Crippen LogP contribution in [0.2, 0.25) is 0 Å². The van der Waals surface area contributed by atoms with Gasteiger partial charge >= 0.3 is 0 Å². The first-order valence-corrected chi connectivity index (χ1v) is 8.50. The van der Waals surface area contributed by atoms with Crippen molar-refractivity contribution in [3.8, 4) is 0 Å². The zero-order valence-electron chi connectivity index (χ0n) is 12.0.